The Morgan fingerprint density at radius 2 is 2.06 bits per heavy atom. The van der Waals surface area contributed by atoms with Crippen LogP contribution in [-0.4, -0.2) is 31.3 Å². The Balaban J connectivity index is 2.66. The lowest BCUT2D eigenvalue weighted by Gasteiger charge is -2.13. The fourth-order valence-electron chi connectivity index (χ4n) is 1.39. The average Bonchev–Trinajstić information content (AvgIpc) is 2.29. The molecule has 0 fully saturated rings. The minimum Gasteiger partial charge on any atom is -0.489 e. The molecule has 0 spiro atoms. The molecule has 0 atom stereocenters. The summed E-state index contributed by atoms with van der Waals surface area (Å²) < 4.78 is 10.6. The maximum atomic E-state index is 5.64. The van der Waals surface area contributed by atoms with E-state index in [4.69, 9.17) is 9.47 Å². The Morgan fingerprint density at radius 1 is 1.29 bits per heavy atom. The average molecular weight is 238 g/mol. The summed E-state index contributed by atoms with van der Waals surface area (Å²) in [6.07, 6.45) is 0. The summed E-state index contributed by atoms with van der Waals surface area (Å²) in [4.78, 5) is 4.50. The summed E-state index contributed by atoms with van der Waals surface area (Å²) in [7, 11) is 1.66. The normalized spacial score (nSPS) is 10.9. The van der Waals surface area contributed by atoms with Crippen LogP contribution < -0.4 is 10.1 Å². The van der Waals surface area contributed by atoms with Crippen LogP contribution in [0.4, 0.5) is 0 Å². The van der Waals surface area contributed by atoms with E-state index in [0.717, 1.165) is 23.7 Å². The van der Waals surface area contributed by atoms with Crippen LogP contribution in [0.1, 0.15) is 25.2 Å². The van der Waals surface area contributed by atoms with Gasteiger partial charge in [-0.2, -0.15) is 0 Å². The molecule has 1 N–H and O–H groups in total. The number of aryl methyl sites for hydroxylation is 1. The molecule has 0 aromatic carbocycles. The summed E-state index contributed by atoms with van der Waals surface area (Å²) in [6, 6.07) is 4.36. The van der Waals surface area contributed by atoms with E-state index in [0.29, 0.717) is 19.3 Å². The zero-order valence-corrected chi connectivity index (χ0v) is 11.1. The summed E-state index contributed by atoms with van der Waals surface area (Å²) >= 11 is 0. The fraction of sp³-hybridized carbons (Fsp3) is 0.615. The molecule has 0 amide bonds. The van der Waals surface area contributed by atoms with Gasteiger partial charge in [0.25, 0.3) is 0 Å². The molecule has 0 radical (unpaired) electrons. The van der Waals surface area contributed by atoms with Gasteiger partial charge >= 0.3 is 0 Å². The van der Waals surface area contributed by atoms with Crippen molar-refractivity contribution in [3.8, 4) is 5.75 Å². The lowest BCUT2D eigenvalue weighted by Crippen LogP contribution is -2.23. The van der Waals surface area contributed by atoms with Crippen LogP contribution in [0.3, 0.4) is 0 Å². The van der Waals surface area contributed by atoms with Crippen molar-refractivity contribution in [2.75, 3.05) is 20.3 Å². The maximum absolute atomic E-state index is 5.64. The smallest absolute Gasteiger partial charge is 0.142 e. The van der Waals surface area contributed by atoms with Gasteiger partial charge in [-0.15, -0.1) is 0 Å². The minimum atomic E-state index is 0.434. The molecule has 1 heterocycles. The minimum absolute atomic E-state index is 0.434. The number of rotatable bonds is 7. The van der Waals surface area contributed by atoms with Crippen LogP contribution in [0.5, 0.6) is 5.75 Å². The number of aromatic nitrogens is 1. The molecular formula is C13H22N2O2. The van der Waals surface area contributed by atoms with E-state index in [2.05, 4.69) is 24.1 Å². The molecule has 0 bridgehead atoms. The van der Waals surface area contributed by atoms with E-state index >= 15 is 0 Å². The van der Waals surface area contributed by atoms with Gasteiger partial charge in [0.15, 0.2) is 0 Å². The fourth-order valence-corrected chi connectivity index (χ4v) is 1.39. The molecule has 0 saturated heterocycles. The largest absolute Gasteiger partial charge is 0.489 e. The van der Waals surface area contributed by atoms with Gasteiger partial charge in [0.1, 0.15) is 12.4 Å². The first-order valence-electron chi connectivity index (χ1n) is 5.95. The molecule has 0 unspecified atom stereocenters. The third-order valence-corrected chi connectivity index (χ3v) is 2.29. The molecule has 96 valence electrons. The predicted molar refractivity (Wildman–Crippen MR) is 68.3 cm³/mol. The van der Waals surface area contributed by atoms with Gasteiger partial charge < -0.3 is 14.8 Å². The maximum Gasteiger partial charge on any atom is 0.142 e. The summed E-state index contributed by atoms with van der Waals surface area (Å²) in [5.74, 6) is 0.834. The second-order valence-electron chi connectivity index (χ2n) is 4.27. The van der Waals surface area contributed by atoms with Gasteiger partial charge in [-0.05, 0) is 19.1 Å². The quantitative estimate of drug-likeness (QED) is 0.737. The van der Waals surface area contributed by atoms with Crippen LogP contribution in [-0.2, 0) is 11.3 Å². The number of methoxy groups -OCH3 is 1. The van der Waals surface area contributed by atoms with E-state index in [1.54, 1.807) is 7.11 Å². The Morgan fingerprint density at radius 3 is 2.71 bits per heavy atom. The number of ether oxygens (including phenoxy) is 2. The van der Waals surface area contributed by atoms with Gasteiger partial charge in [-0.25, -0.2) is 0 Å². The molecule has 4 heteroatoms. The van der Waals surface area contributed by atoms with Crippen molar-refractivity contribution in [2.45, 2.75) is 33.4 Å². The third kappa shape index (κ3) is 5.15. The van der Waals surface area contributed by atoms with Gasteiger partial charge in [0, 0.05) is 25.4 Å². The van der Waals surface area contributed by atoms with E-state index in [-0.39, 0.29) is 0 Å². The number of hydrogen-bond donors (Lipinski definition) is 1. The predicted octanol–water partition coefficient (Wildman–Crippen LogP) is 1.91. The number of pyridine rings is 1. The van der Waals surface area contributed by atoms with Gasteiger partial charge in [0.05, 0.1) is 12.3 Å². The second kappa shape index (κ2) is 7.25. The Labute approximate surface area is 103 Å². The van der Waals surface area contributed by atoms with Gasteiger partial charge in [0.2, 0.25) is 0 Å². The van der Waals surface area contributed by atoms with Crippen LogP contribution >= 0.6 is 0 Å². The highest BCUT2D eigenvalue weighted by Gasteiger charge is 2.06. The zero-order valence-electron chi connectivity index (χ0n) is 11.1. The van der Waals surface area contributed by atoms with Crippen molar-refractivity contribution < 1.29 is 9.47 Å². The number of nitrogens with zero attached hydrogens (tertiary/aromatic N) is 1. The molecule has 0 aliphatic carbocycles. The van der Waals surface area contributed by atoms with Crippen molar-refractivity contribution in [3.63, 3.8) is 0 Å². The van der Waals surface area contributed by atoms with E-state index in [1.165, 1.54) is 0 Å². The molecule has 1 aromatic rings. The summed E-state index contributed by atoms with van der Waals surface area (Å²) in [5, 5.41) is 3.35. The van der Waals surface area contributed by atoms with Gasteiger partial charge in [-0.3, -0.25) is 4.98 Å². The van der Waals surface area contributed by atoms with E-state index in [1.807, 2.05) is 19.1 Å². The number of hydrogen-bond acceptors (Lipinski definition) is 4. The van der Waals surface area contributed by atoms with Crippen molar-refractivity contribution >= 4 is 0 Å². The van der Waals surface area contributed by atoms with Crippen LogP contribution in [0.2, 0.25) is 0 Å². The van der Waals surface area contributed by atoms with Crippen molar-refractivity contribution in [1.82, 2.24) is 10.3 Å². The van der Waals surface area contributed by atoms with E-state index in [9.17, 15) is 0 Å². The third-order valence-electron chi connectivity index (χ3n) is 2.29. The van der Waals surface area contributed by atoms with Crippen LogP contribution in [0.25, 0.3) is 0 Å². The van der Waals surface area contributed by atoms with Crippen molar-refractivity contribution in [1.29, 1.82) is 0 Å². The lowest BCUT2D eigenvalue weighted by atomic mass is 10.2. The molecule has 4 nitrogen and oxygen atoms in total. The summed E-state index contributed by atoms with van der Waals surface area (Å²) in [5.41, 5.74) is 1.96. The van der Waals surface area contributed by atoms with Crippen molar-refractivity contribution in [3.05, 3.63) is 23.5 Å². The Bertz CT molecular complexity index is 340. The highest BCUT2D eigenvalue weighted by Crippen LogP contribution is 2.16. The molecule has 1 rings (SSSR count). The molecule has 1 aromatic heterocycles. The number of nitrogens with one attached hydrogen (secondary N) is 1. The molecule has 0 saturated carbocycles. The molecule has 0 aliphatic rings. The summed E-state index contributed by atoms with van der Waals surface area (Å²) in [6.45, 7) is 8.07. The standard InChI is InChI=1S/C13H22N2O2/c1-10(2)14-9-12-13(17-8-7-16-4)6-5-11(3)15-12/h5-6,10,14H,7-9H2,1-4H3. The monoisotopic (exact) mass is 238 g/mol. The lowest BCUT2D eigenvalue weighted by molar-refractivity contribution is 0.145. The first-order chi connectivity index (χ1) is 8.13. The van der Waals surface area contributed by atoms with Crippen LogP contribution in [0.15, 0.2) is 12.1 Å². The highest BCUT2D eigenvalue weighted by atomic mass is 16.5. The van der Waals surface area contributed by atoms with Gasteiger partial charge in [-0.1, -0.05) is 13.8 Å². The van der Waals surface area contributed by atoms with Crippen molar-refractivity contribution in [2.24, 2.45) is 0 Å². The Kier molecular flexibility index (Phi) is 5.94. The highest BCUT2D eigenvalue weighted by molar-refractivity contribution is 5.29. The first kappa shape index (κ1) is 13.9. The Hall–Kier alpha value is -1.13. The van der Waals surface area contributed by atoms with E-state index < -0.39 is 0 Å². The first-order valence-corrected chi connectivity index (χ1v) is 5.95. The SMILES string of the molecule is COCCOc1ccc(C)nc1CNC(C)C. The van der Waals surface area contributed by atoms with Crippen LogP contribution in [0, 0.1) is 6.92 Å². The zero-order chi connectivity index (χ0) is 12.7. The second-order valence-corrected chi connectivity index (χ2v) is 4.27. The molecule has 0 aliphatic heterocycles. The molecular weight excluding hydrogens is 216 g/mol. The topological polar surface area (TPSA) is 43.4 Å². The molecule has 17 heavy (non-hydrogen) atoms.